The Morgan fingerprint density at radius 2 is 1.48 bits per heavy atom. The maximum atomic E-state index is 11.4. The first-order valence-corrected chi connectivity index (χ1v) is 11.1. The molecule has 0 amide bonds. The maximum Gasteiger partial charge on any atom is 0.327 e. The van der Waals surface area contributed by atoms with Gasteiger partial charge >= 0.3 is 11.9 Å². The van der Waals surface area contributed by atoms with E-state index >= 15 is 0 Å². The lowest BCUT2D eigenvalue weighted by atomic mass is 9.84. The molecule has 8 heteroatoms. The van der Waals surface area contributed by atoms with E-state index < -0.39 is 16.4 Å². The van der Waals surface area contributed by atoms with Crippen LogP contribution < -0.4 is 11.9 Å². The van der Waals surface area contributed by atoms with Gasteiger partial charge in [-0.25, -0.2) is 0 Å². The third-order valence-electron chi connectivity index (χ3n) is 4.97. The Morgan fingerprint density at radius 1 is 0.966 bits per heavy atom. The molecule has 0 heterocycles. The van der Waals surface area contributed by atoms with E-state index in [2.05, 4.69) is 13.8 Å². The summed E-state index contributed by atoms with van der Waals surface area (Å²) in [5.74, 6) is -1.07. The summed E-state index contributed by atoms with van der Waals surface area (Å²) in [4.78, 5) is 20.7. The number of ether oxygens (including phenoxy) is 1. The van der Waals surface area contributed by atoms with Crippen LogP contribution in [-0.2, 0) is 14.3 Å². The number of halogens is 1. The van der Waals surface area contributed by atoms with E-state index in [4.69, 9.17) is 32.3 Å². The van der Waals surface area contributed by atoms with Gasteiger partial charge in [0.2, 0.25) is 0 Å². The Kier molecular flexibility index (Phi) is 17.6. The summed E-state index contributed by atoms with van der Waals surface area (Å²) >= 11 is 6.02. The molecule has 2 fully saturated rings. The van der Waals surface area contributed by atoms with Crippen LogP contribution in [0.5, 0.6) is 0 Å². The zero-order valence-corrected chi connectivity index (χ0v) is 19.1. The van der Waals surface area contributed by atoms with E-state index in [0.29, 0.717) is 26.1 Å². The van der Waals surface area contributed by atoms with Crippen molar-refractivity contribution in [2.45, 2.75) is 108 Å². The minimum absolute atomic E-state index is 0. The monoisotopic (exact) mass is 438 g/mol. The van der Waals surface area contributed by atoms with Gasteiger partial charge in [0, 0.05) is 6.61 Å². The molecule has 0 aromatic carbocycles. The van der Waals surface area contributed by atoms with E-state index in [-0.39, 0.29) is 12.1 Å². The highest BCUT2D eigenvalue weighted by Crippen LogP contribution is 2.39. The number of carbonyl (C=O) groups is 2. The lowest BCUT2D eigenvalue weighted by molar-refractivity contribution is -0.149. The Bertz CT molecular complexity index is 437. The molecule has 0 aromatic rings. The number of nitrogens with two attached hydrogens (primary N) is 1. The minimum Gasteiger partial charge on any atom is -0.480 e. The van der Waals surface area contributed by atoms with Gasteiger partial charge in [-0.2, -0.15) is 0 Å². The summed E-state index contributed by atoms with van der Waals surface area (Å²) in [6.45, 7) is 5.22. The Morgan fingerprint density at radius 3 is 1.79 bits per heavy atom. The summed E-state index contributed by atoms with van der Waals surface area (Å²) in [6.07, 6.45) is 13.1. The highest BCUT2D eigenvalue weighted by Gasteiger charge is 2.46. The molecule has 0 aromatic heterocycles. The Balaban J connectivity index is 0. The van der Waals surface area contributed by atoms with Gasteiger partial charge in [-0.3, -0.25) is 9.59 Å². The van der Waals surface area contributed by atoms with E-state index in [1.165, 1.54) is 32.1 Å². The van der Waals surface area contributed by atoms with Crippen LogP contribution in [0.15, 0.2) is 0 Å². The van der Waals surface area contributed by atoms with Crippen LogP contribution in [0.2, 0.25) is 0 Å². The fraction of sp³-hybridized carbons (Fsp3) is 0.905. The molecule has 7 nitrogen and oxygen atoms in total. The van der Waals surface area contributed by atoms with E-state index in [0.717, 1.165) is 38.5 Å². The number of hydrogen-bond acceptors (Lipinski definition) is 6. The first kappa shape index (κ1) is 30.3. The van der Waals surface area contributed by atoms with Gasteiger partial charge < -0.3 is 26.8 Å². The molecule has 2 aliphatic rings. The number of aliphatic hydroxyl groups is 1. The number of unbranched alkanes of at least 4 members (excludes halogenated alkanes) is 6. The number of esters is 1. The van der Waals surface area contributed by atoms with E-state index in [1.54, 1.807) is 0 Å². The maximum absolute atomic E-state index is 11.4. The lowest BCUT2D eigenvalue weighted by Gasteiger charge is -2.32. The van der Waals surface area contributed by atoms with Crippen LogP contribution in [-0.4, -0.2) is 45.8 Å². The second-order valence-electron chi connectivity index (χ2n) is 7.76. The number of rotatable bonds is 11. The molecule has 2 aliphatic carbocycles. The third kappa shape index (κ3) is 13.9. The highest BCUT2D eigenvalue weighted by atomic mass is 35.5. The van der Waals surface area contributed by atoms with Gasteiger partial charge in [-0.15, -0.1) is 11.6 Å². The molecular weight excluding hydrogens is 396 g/mol. The summed E-state index contributed by atoms with van der Waals surface area (Å²) in [5.41, 5.74) is 4.36. The number of hydrogen-bond donors (Lipinski definition) is 4. The van der Waals surface area contributed by atoms with Gasteiger partial charge in [0.1, 0.15) is 10.4 Å². The molecule has 0 aliphatic heterocycles. The zero-order chi connectivity index (χ0) is 21.5. The fourth-order valence-electron chi connectivity index (χ4n) is 2.40. The largest absolute Gasteiger partial charge is 0.480 e. The number of carboxylic acid groups (broad SMARTS) is 1. The quantitative estimate of drug-likeness (QED) is 0.210. The molecule has 2 saturated carbocycles. The predicted molar refractivity (Wildman–Crippen MR) is 118 cm³/mol. The number of carbonyl (C=O) groups excluding carboxylic acids is 1. The van der Waals surface area contributed by atoms with Gasteiger partial charge in [0.05, 0.1) is 6.61 Å². The van der Waals surface area contributed by atoms with Gasteiger partial charge in [-0.05, 0) is 44.9 Å². The Hall–Kier alpha value is -0.890. The minimum atomic E-state index is -0.868. The molecule has 2 rings (SSSR count). The number of aliphatic carboxylic acids is 1. The number of carboxylic acids is 1. The van der Waals surface area contributed by atoms with Crippen LogP contribution in [0.1, 0.15) is 97.3 Å². The Labute approximate surface area is 181 Å². The van der Waals surface area contributed by atoms with Crippen molar-refractivity contribution in [2.75, 3.05) is 13.2 Å². The van der Waals surface area contributed by atoms with Crippen molar-refractivity contribution in [1.29, 1.82) is 0 Å². The van der Waals surface area contributed by atoms with Gasteiger partial charge in [-0.1, -0.05) is 52.4 Å². The highest BCUT2D eigenvalue weighted by molar-refractivity contribution is 6.34. The van der Waals surface area contributed by atoms with Crippen molar-refractivity contribution in [3.8, 4) is 0 Å². The van der Waals surface area contributed by atoms with Crippen molar-refractivity contribution in [3.63, 3.8) is 0 Å². The van der Waals surface area contributed by atoms with Crippen LogP contribution >= 0.6 is 11.6 Å². The molecule has 0 spiro atoms. The molecular formula is C21H43ClN2O5. The average molecular weight is 439 g/mol. The first-order chi connectivity index (χ1) is 13.3. The van der Waals surface area contributed by atoms with Crippen LogP contribution in [0, 0.1) is 0 Å². The third-order valence-corrected chi connectivity index (χ3v) is 5.50. The summed E-state index contributed by atoms with van der Waals surface area (Å²) in [7, 11) is 0. The van der Waals surface area contributed by atoms with Crippen molar-refractivity contribution < 1.29 is 24.5 Å². The molecule has 0 unspecified atom stereocenters. The van der Waals surface area contributed by atoms with Crippen molar-refractivity contribution in [2.24, 2.45) is 5.73 Å². The molecule has 174 valence electrons. The second kappa shape index (κ2) is 16.9. The molecule has 0 radical (unpaired) electrons. The zero-order valence-electron chi connectivity index (χ0n) is 18.4. The van der Waals surface area contributed by atoms with Gasteiger partial charge in [0.15, 0.2) is 0 Å². The first-order valence-electron chi connectivity index (χ1n) is 10.7. The van der Waals surface area contributed by atoms with E-state index in [1.807, 2.05) is 0 Å². The van der Waals surface area contributed by atoms with E-state index in [9.17, 15) is 9.59 Å². The molecule has 7 N–H and O–H groups in total. The molecule has 0 saturated heterocycles. The normalized spacial score (nSPS) is 17.1. The van der Waals surface area contributed by atoms with Crippen molar-refractivity contribution >= 4 is 23.5 Å². The van der Waals surface area contributed by atoms with Crippen LogP contribution in [0.3, 0.4) is 0 Å². The SMILES string of the molecule is CCCCCCO.CCCCCCOC(=O)C1(Cl)CCC1.N.NC1(C(=O)O)CC1. The average Bonchev–Trinajstić information content (AvgIpc) is 3.40. The van der Waals surface area contributed by atoms with Crippen molar-refractivity contribution in [1.82, 2.24) is 6.15 Å². The molecule has 0 bridgehead atoms. The summed E-state index contributed by atoms with van der Waals surface area (Å²) < 4.78 is 5.12. The topological polar surface area (TPSA) is 145 Å². The van der Waals surface area contributed by atoms with Crippen LogP contribution in [0.25, 0.3) is 0 Å². The predicted octanol–water partition coefficient (Wildman–Crippen LogP) is 4.55. The van der Waals surface area contributed by atoms with Crippen LogP contribution in [0.4, 0.5) is 0 Å². The van der Waals surface area contributed by atoms with Gasteiger partial charge in [0.25, 0.3) is 0 Å². The molecule has 29 heavy (non-hydrogen) atoms. The summed E-state index contributed by atoms with van der Waals surface area (Å²) in [6, 6.07) is 0. The number of aliphatic hydroxyl groups excluding tert-OH is 1. The second-order valence-corrected chi connectivity index (χ2v) is 8.48. The van der Waals surface area contributed by atoms with Crippen molar-refractivity contribution in [3.05, 3.63) is 0 Å². The lowest BCUT2D eigenvalue weighted by Crippen LogP contribution is -2.41. The molecule has 0 atom stereocenters. The standard InChI is InChI=1S/C11H19ClO2.C6H14O.C4H7NO2.H3N/c1-2-3-4-5-9-14-10(13)11(12)7-6-8-11;1-2-3-4-5-6-7;5-4(1-2-4)3(6)7;/h2-9H2,1H3;7H,2-6H2,1H3;1-2,5H2,(H,6,7);1H3. The smallest absolute Gasteiger partial charge is 0.327 e. The summed E-state index contributed by atoms with van der Waals surface area (Å²) in [5, 5.41) is 16.5. The number of alkyl halides is 1. The fourth-order valence-corrected chi connectivity index (χ4v) is 2.72.